The molecule has 0 fully saturated rings. The summed E-state index contributed by atoms with van der Waals surface area (Å²) in [6.07, 6.45) is 9.78. The van der Waals surface area contributed by atoms with E-state index in [9.17, 15) is 17.6 Å². The summed E-state index contributed by atoms with van der Waals surface area (Å²) >= 11 is 9.34. The lowest BCUT2D eigenvalue weighted by molar-refractivity contribution is 0.244. The largest absolute Gasteiger partial charge is 0.490 e. The molecule has 0 radical (unpaired) electrons. The van der Waals surface area contributed by atoms with Crippen LogP contribution in [0.1, 0.15) is 49.9 Å². The average Bonchev–Trinajstić information content (AvgIpc) is 4.15. The van der Waals surface area contributed by atoms with Gasteiger partial charge in [0.2, 0.25) is 11.9 Å². The maximum absolute atomic E-state index is 14.4. The van der Waals surface area contributed by atoms with Crippen molar-refractivity contribution in [3.63, 3.8) is 0 Å². The molecule has 8 heterocycles. The topological polar surface area (TPSA) is 142 Å². The van der Waals surface area contributed by atoms with Gasteiger partial charge in [-0.25, -0.2) is 37.5 Å². The first-order valence-corrected chi connectivity index (χ1v) is 25.0. The molecule has 9 aromatic rings. The van der Waals surface area contributed by atoms with Crippen molar-refractivity contribution >= 4 is 91.3 Å². The fourth-order valence-electron chi connectivity index (χ4n) is 8.46. The summed E-state index contributed by atoms with van der Waals surface area (Å²) in [5.74, 6) is 0.448. The van der Waals surface area contributed by atoms with Gasteiger partial charge in [0.05, 0.1) is 65.4 Å². The second-order valence-corrected chi connectivity index (χ2v) is 16.2. The Balaban J connectivity index is 0.000000157. The van der Waals surface area contributed by atoms with Gasteiger partial charge in [0.25, 0.3) is 0 Å². The number of benzene rings is 4. The van der Waals surface area contributed by atoms with Crippen LogP contribution < -0.4 is 19.7 Å². The van der Waals surface area contributed by atoms with E-state index in [0.717, 1.165) is 11.3 Å². The molecule has 4 aromatic carbocycles. The number of anilines is 2. The Bertz CT molecular complexity index is 3330. The number of H-pyrrole nitrogens is 1. The second kappa shape index (κ2) is 19.5. The van der Waals surface area contributed by atoms with E-state index in [-0.39, 0.29) is 40.8 Å². The molecule has 0 saturated carbocycles. The van der Waals surface area contributed by atoms with Crippen LogP contribution in [0.4, 0.5) is 29.1 Å². The van der Waals surface area contributed by atoms with Gasteiger partial charge >= 0.3 is 0 Å². The molecule has 0 amide bonds. The average molecular weight is 1060 g/mol. The number of ether oxygens (including phenoxy) is 2. The fraction of sp³-hybridized carbons (Fsp3) is 0.239. The van der Waals surface area contributed by atoms with Crippen molar-refractivity contribution in [3.05, 3.63) is 137 Å². The van der Waals surface area contributed by atoms with Gasteiger partial charge in [0, 0.05) is 36.1 Å². The molecular formula is C46H41F4IN12O2S2. The molecule has 12 rings (SSSR count). The summed E-state index contributed by atoms with van der Waals surface area (Å²) in [6, 6.07) is 18.2. The third-order valence-corrected chi connectivity index (χ3v) is 12.4. The highest BCUT2D eigenvalue weighted by Gasteiger charge is 2.39. The lowest BCUT2D eigenvalue weighted by Crippen LogP contribution is -2.39. The zero-order valence-corrected chi connectivity index (χ0v) is 40.1. The molecule has 0 spiro atoms. The smallest absolute Gasteiger partial charge is 0.237 e. The van der Waals surface area contributed by atoms with Gasteiger partial charge in [-0.15, -0.1) is 11.8 Å². The minimum absolute atomic E-state index is 0.106. The lowest BCUT2D eigenvalue weighted by Gasteiger charge is -2.36. The van der Waals surface area contributed by atoms with E-state index in [0.29, 0.717) is 93.1 Å². The second-order valence-electron chi connectivity index (χ2n) is 14.9. The number of thioether (sulfide) groups is 1. The zero-order chi connectivity index (χ0) is 46.9. The van der Waals surface area contributed by atoms with Gasteiger partial charge in [-0.05, 0) is 59.8 Å². The summed E-state index contributed by atoms with van der Waals surface area (Å²) in [5, 5.41) is 3.44. The Kier molecular flexibility index (Phi) is 13.3. The number of imidazole rings is 3. The lowest BCUT2D eigenvalue weighted by atomic mass is 9.99. The summed E-state index contributed by atoms with van der Waals surface area (Å²) in [4.78, 5) is 34.3. The Morgan fingerprint density at radius 2 is 1.27 bits per heavy atom. The number of aromatic nitrogens is 10. The molecule has 344 valence electrons. The highest BCUT2D eigenvalue weighted by Crippen LogP contribution is 2.47. The highest BCUT2D eigenvalue weighted by atomic mass is 127. The van der Waals surface area contributed by atoms with Gasteiger partial charge in [0.15, 0.2) is 39.4 Å². The number of hydrogen-bond acceptors (Lipinski definition) is 12. The monoisotopic (exact) mass is 1060 g/mol. The number of nitrogens with zero attached hydrogens (tertiary/aromatic N) is 10. The molecule has 14 nitrogen and oxygen atoms in total. The Morgan fingerprint density at radius 3 is 1.87 bits per heavy atom. The SMILES string of the molecule is CC.CI.CSC1Nc2cnc(-n3cnc4ccc(F)cc43)nc2N1[C@@H]1CCOc2c(F)cccc21.Fc1ccc2ncn(-c3ncc4[nH]c(=S)n([C@@H]5CCOc6c(F)cccc65)c4n3)c2c1. The van der Waals surface area contributed by atoms with Crippen LogP contribution in [0, 0.1) is 28.0 Å². The molecule has 5 aromatic heterocycles. The summed E-state index contributed by atoms with van der Waals surface area (Å²) in [7, 11) is 0. The molecule has 0 aliphatic carbocycles. The van der Waals surface area contributed by atoms with Crippen molar-refractivity contribution in [1.82, 2.24) is 48.6 Å². The van der Waals surface area contributed by atoms with Crippen LogP contribution >= 0.6 is 46.6 Å². The Morgan fingerprint density at radius 1 is 0.716 bits per heavy atom. The predicted molar refractivity (Wildman–Crippen MR) is 263 cm³/mol. The number of aromatic amines is 1. The number of alkyl halides is 1. The van der Waals surface area contributed by atoms with E-state index >= 15 is 0 Å². The van der Waals surface area contributed by atoms with Crippen LogP contribution in [-0.4, -0.2) is 78.5 Å². The van der Waals surface area contributed by atoms with Gasteiger partial charge in [-0.1, -0.05) is 60.7 Å². The standard InChI is InChI=1S/C22H18F2N6OS.C21H14F2N6OS.C2H6.CH3I/c1-32-22-27-16-10-25-21(29-11-26-15-6-5-12(23)9-18(15)29)28-20(16)30(22)17-7-8-31-19-13(17)3-2-4-14(19)24;22-11-4-5-14-17(8-11)28(10-25-14)20-24-9-15-19(27-20)29(21(31)26-15)16-6-7-30-18-12(16)2-1-3-13(18)23;2*1-2/h2-6,9-11,17,22,27H,7-8H2,1H3;1-5,8-10,16H,6-7H2,(H,26,31);1-2H3;1H3/t17-,22?;16-;;/m11../s1. The third kappa shape index (κ3) is 8.40. The van der Waals surface area contributed by atoms with E-state index in [4.69, 9.17) is 31.7 Å². The number of halogens is 5. The molecule has 0 saturated heterocycles. The number of rotatable bonds is 5. The first-order chi connectivity index (χ1) is 32.7. The Labute approximate surface area is 404 Å². The van der Waals surface area contributed by atoms with Crippen molar-refractivity contribution in [2.45, 2.75) is 44.3 Å². The summed E-state index contributed by atoms with van der Waals surface area (Å²) in [5.41, 5.74) is 5.81. The van der Waals surface area contributed by atoms with Crippen LogP contribution in [0.5, 0.6) is 11.5 Å². The molecule has 21 heteroatoms. The quantitative estimate of drug-likeness (QED) is 0.0733. The minimum Gasteiger partial charge on any atom is -0.490 e. The molecule has 67 heavy (non-hydrogen) atoms. The van der Waals surface area contributed by atoms with Crippen LogP contribution in [0.3, 0.4) is 0 Å². The maximum Gasteiger partial charge on any atom is 0.237 e. The third-order valence-electron chi connectivity index (χ3n) is 11.3. The van der Waals surface area contributed by atoms with Crippen molar-refractivity contribution in [2.24, 2.45) is 0 Å². The van der Waals surface area contributed by atoms with Crippen LogP contribution in [0.2, 0.25) is 0 Å². The van der Waals surface area contributed by atoms with Gasteiger partial charge in [0.1, 0.15) is 35.3 Å². The zero-order valence-electron chi connectivity index (χ0n) is 36.3. The van der Waals surface area contributed by atoms with E-state index in [1.807, 2.05) is 41.7 Å². The summed E-state index contributed by atoms with van der Waals surface area (Å²) in [6.45, 7) is 4.77. The molecule has 3 aliphatic rings. The van der Waals surface area contributed by atoms with Crippen molar-refractivity contribution in [1.29, 1.82) is 0 Å². The fourth-order valence-corrected chi connectivity index (χ4v) is 9.50. The van der Waals surface area contributed by atoms with E-state index in [1.54, 1.807) is 70.2 Å². The Hall–Kier alpha value is -6.33. The van der Waals surface area contributed by atoms with Crippen LogP contribution in [-0.2, 0) is 0 Å². The predicted octanol–water partition coefficient (Wildman–Crippen LogP) is 11.1. The highest BCUT2D eigenvalue weighted by molar-refractivity contribution is 14.1. The number of nitrogens with one attached hydrogen (secondary N) is 2. The number of hydrogen-bond donors (Lipinski definition) is 2. The van der Waals surface area contributed by atoms with E-state index in [2.05, 4.69) is 57.7 Å². The van der Waals surface area contributed by atoms with E-state index in [1.165, 1.54) is 36.4 Å². The molecule has 3 atom stereocenters. The van der Waals surface area contributed by atoms with Crippen molar-refractivity contribution < 1.29 is 27.0 Å². The normalized spacial score (nSPS) is 16.8. The minimum atomic E-state index is -0.407. The first kappa shape index (κ1) is 45.8. The molecule has 1 unspecified atom stereocenters. The van der Waals surface area contributed by atoms with Crippen molar-refractivity contribution in [3.8, 4) is 23.4 Å². The van der Waals surface area contributed by atoms with Crippen LogP contribution in [0.15, 0.2) is 97.8 Å². The number of para-hydroxylation sites is 2. The molecule has 3 aliphatic heterocycles. The van der Waals surface area contributed by atoms with Gasteiger partial charge in [-0.2, -0.15) is 9.97 Å². The molecule has 2 N–H and O–H groups in total. The van der Waals surface area contributed by atoms with Crippen LogP contribution in [0.25, 0.3) is 45.1 Å². The number of fused-ring (bicyclic) bond motifs is 6. The first-order valence-electron chi connectivity index (χ1n) is 21.1. The van der Waals surface area contributed by atoms with Crippen molar-refractivity contribution in [2.75, 3.05) is 34.6 Å². The summed E-state index contributed by atoms with van der Waals surface area (Å²) < 4.78 is 73.2. The van der Waals surface area contributed by atoms with Gasteiger partial charge < -0.3 is 24.7 Å². The molecular weight excluding hydrogens is 1020 g/mol. The molecule has 0 bridgehead atoms. The van der Waals surface area contributed by atoms with E-state index < -0.39 is 5.82 Å². The van der Waals surface area contributed by atoms with Gasteiger partial charge in [-0.3, -0.25) is 13.7 Å². The maximum atomic E-state index is 14.4.